The van der Waals surface area contributed by atoms with Gasteiger partial charge in [-0.25, -0.2) is 8.42 Å². The second kappa shape index (κ2) is 9.22. The molecule has 0 saturated carbocycles. The highest BCUT2D eigenvalue weighted by atomic mass is 35.5. The lowest BCUT2D eigenvalue weighted by Gasteiger charge is -2.29. The first kappa shape index (κ1) is 20.7. The zero-order valence-electron chi connectivity index (χ0n) is 13.9. The Kier molecular flexibility index (Phi) is 7.95. The lowest BCUT2D eigenvalue weighted by molar-refractivity contribution is -0.131. The van der Waals surface area contributed by atoms with E-state index in [9.17, 15) is 13.2 Å². The van der Waals surface area contributed by atoms with Crippen molar-refractivity contribution in [2.75, 3.05) is 46.4 Å². The summed E-state index contributed by atoms with van der Waals surface area (Å²) in [7, 11) is -2.30. The Labute approximate surface area is 149 Å². The summed E-state index contributed by atoms with van der Waals surface area (Å²) in [5.41, 5.74) is 0. The summed E-state index contributed by atoms with van der Waals surface area (Å²) >= 11 is 0. The molecule has 1 N–H and O–H groups in total. The Balaban J connectivity index is 0.00000288. The highest BCUT2D eigenvalue weighted by Gasteiger charge is 2.26. The number of halogens is 1. The normalized spacial score (nSPS) is 15.0. The van der Waals surface area contributed by atoms with Crippen molar-refractivity contribution in [2.24, 2.45) is 0 Å². The maximum absolute atomic E-state index is 12.6. The molecule has 1 fully saturated rings. The Morgan fingerprint density at radius 1 is 1.33 bits per heavy atom. The van der Waals surface area contributed by atoms with Gasteiger partial charge < -0.3 is 15.0 Å². The molecule has 0 unspecified atom stereocenters. The van der Waals surface area contributed by atoms with Crippen LogP contribution in [0.3, 0.4) is 0 Å². The number of carbonyl (C=O) groups excluding carboxylic acids is 1. The van der Waals surface area contributed by atoms with Gasteiger partial charge in [0.2, 0.25) is 15.9 Å². The largest absolute Gasteiger partial charge is 0.494 e. The molecule has 9 heteroatoms. The van der Waals surface area contributed by atoms with Crippen LogP contribution in [0.25, 0.3) is 0 Å². The van der Waals surface area contributed by atoms with Gasteiger partial charge in [-0.1, -0.05) is 6.07 Å². The third-order valence-corrected chi connectivity index (χ3v) is 5.45. The molecule has 136 valence electrons. The maximum Gasteiger partial charge on any atom is 0.243 e. The van der Waals surface area contributed by atoms with Crippen molar-refractivity contribution in [3.05, 3.63) is 24.3 Å². The second-order valence-electron chi connectivity index (χ2n) is 5.30. The Bertz CT molecular complexity index is 648. The number of ether oxygens (including phenoxy) is 1. The Hall–Kier alpha value is -1.35. The second-order valence-corrected chi connectivity index (χ2v) is 7.34. The fourth-order valence-corrected chi connectivity index (χ4v) is 3.52. The number of nitrogens with one attached hydrogen (secondary N) is 1. The molecule has 0 radical (unpaired) electrons. The van der Waals surface area contributed by atoms with Crippen molar-refractivity contribution < 1.29 is 17.9 Å². The lowest BCUT2D eigenvalue weighted by atomic mass is 10.3. The fourth-order valence-electron chi connectivity index (χ4n) is 2.36. The van der Waals surface area contributed by atoms with Gasteiger partial charge in [-0.3, -0.25) is 4.79 Å². The molecule has 1 saturated heterocycles. The van der Waals surface area contributed by atoms with Crippen LogP contribution in [0.4, 0.5) is 0 Å². The minimum atomic E-state index is -3.72. The van der Waals surface area contributed by atoms with E-state index in [1.807, 2.05) is 6.92 Å². The average Bonchev–Trinajstić information content (AvgIpc) is 2.56. The molecular weight excluding hydrogens is 354 g/mol. The standard InChI is InChI=1S/C15H23N3O4S.ClH/c1-3-22-13-5-4-6-14(11-13)23(20,21)17(2)12-15(19)18-9-7-16-8-10-18;/h4-6,11,16H,3,7-10,12H2,1-2H3;1H. The number of hydrogen-bond acceptors (Lipinski definition) is 5. The van der Waals surface area contributed by atoms with Gasteiger partial charge in [-0.15, -0.1) is 12.4 Å². The van der Waals surface area contributed by atoms with E-state index in [2.05, 4.69) is 5.32 Å². The molecule has 24 heavy (non-hydrogen) atoms. The van der Waals surface area contributed by atoms with Gasteiger partial charge in [0.15, 0.2) is 0 Å². The van der Waals surface area contributed by atoms with Crippen LogP contribution >= 0.6 is 12.4 Å². The predicted molar refractivity (Wildman–Crippen MR) is 94.1 cm³/mol. The van der Waals surface area contributed by atoms with E-state index in [1.165, 1.54) is 19.2 Å². The quantitative estimate of drug-likeness (QED) is 0.783. The van der Waals surface area contributed by atoms with Crippen LogP contribution in [0.2, 0.25) is 0 Å². The van der Waals surface area contributed by atoms with Crippen molar-refractivity contribution in [1.82, 2.24) is 14.5 Å². The van der Waals surface area contributed by atoms with Gasteiger partial charge in [0.1, 0.15) is 5.75 Å². The lowest BCUT2D eigenvalue weighted by Crippen LogP contribution is -2.49. The van der Waals surface area contributed by atoms with Crippen LogP contribution in [0.1, 0.15) is 6.92 Å². The first-order chi connectivity index (χ1) is 10.9. The summed E-state index contributed by atoms with van der Waals surface area (Å²) < 4.78 is 31.6. The van der Waals surface area contributed by atoms with Crippen LogP contribution in [0.15, 0.2) is 29.2 Å². The van der Waals surface area contributed by atoms with E-state index in [0.29, 0.717) is 25.4 Å². The van der Waals surface area contributed by atoms with Crippen LogP contribution < -0.4 is 10.1 Å². The number of carbonyl (C=O) groups is 1. The number of piperazine rings is 1. The number of sulfonamides is 1. The van der Waals surface area contributed by atoms with Crippen molar-refractivity contribution in [3.63, 3.8) is 0 Å². The Morgan fingerprint density at radius 3 is 2.62 bits per heavy atom. The topological polar surface area (TPSA) is 79.0 Å². The zero-order chi connectivity index (χ0) is 16.9. The SMILES string of the molecule is CCOc1cccc(S(=O)(=O)N(C)CC(=O)N2CCNCC2)c1.Cl. The molecule has 0 aliphatic carbocycles. The molecule has 1 aliphatic heterocycles. The summed E-state index contributed by atoms with van der Waals surface area (Å²) in [5.74, 6) is 0.314. The number of rotatable bonds is 6. The van der Waals surface area contributed by atoms with E-state index < -0.39 is 10.0 Å². The molecule has 0 atom stereocenters. The molecule has 2 rings (SSSR count). The van der Waals surface area contributed by atoms with Crippen LogP contribution in [0, 0.1) is 0 Å². The highest BCUT2D eigenvalue weighted by Crippen LogP contribution is 2.20. The van der Waals surface area contributed by atoms with Crippen molar-refractivity contribution in [3.8, 4) is 5.75 Å². The van der Waals surface area contributed by atoms with Crippen molar-refractivity contribution in [2.45, 2.75) is 11.8 Å². The number of benzene rings is 1. The fraction of sp³-hybridized carbons (Fsp3) is 0.533. The van der Waals surface area contributed by atoms with E-state index >= 15 is 0 Å². The highest BCUT2D eigenvalue weighted by molar-refractivity contribution is 7.89. The molecule has 1 aromatic carbocycles. The third kappa shape index (κ3) is 5.07. The smallest absolute Gasteiger partial charge is 0.243 e. The summed E-state index contributed by atoms with van der Waals surface area (Å²) in [4.78, 5) is 14.0. The van der Waals surface area contributed by atoms with Gasteiger partial charge in [-0.05, 0) is 19.1 Å². The van der Waals surface area contributed by atoms with Gasteiger partial charge >= 0.3 is 0 Å². The number of amides is 1. The van der Waals surface area contributed by atoms with E-state index in [4.69, 9.17) is 4.74 Å². The van der Waals surface area contributed by atoms with Crippen LogP contribution in [-0.4, -0.2) is 69.9 Å². The minimum Gasteiger partial charge on any atom is -0.494 e. The molecule has 7 nitrogen and oxygen atoms in total. The summed E-state index contributed by atoms with van der Waals surface area (Å²) in [5, 5.41) is 3.16. The molecule has 1 aliphatic rings. The molecule has 1 aromatic rings. The van der Waals surface area contributed by atoms with Crippen LogP contribution in [0.5, 0.6) is 5.75 Å². The number of likely N-dealkylation sites (N-methyl/N-ethyl adjacent to an activating group) is 1. The monoisotopic (exact) mass is 377 g/mol. The van der Waals surface area contributed by atoms with Gasteiger partial charge in [0, 0.05) is 39.3 Å². The minimum absolute atomic E-state index is 0. The number of nitrogens with zero attached hydrogens (tertiary/aromatic N) is 2. The van der Waals surface area contributed by atoms with E-state index in [0.717, 1.165) is 17.4 Å². The third-order valence-electron chi connectivity index (χ3n) is 3.65. The zero-order valence-corrected chi connectivity index (χ0v) is 15.5. The van der Waals surface area contributed by atoms with Crippen LogP contribution in [-0.2, 0) is 14.8 Å². The Morgan fingerprint density at radius 2 is 2.00 bits per heavy atom. The molecule has 0 spiro atoms. The first-order valence-electron chi connectivity index (χ1n) is 7.63. The van der Waals surface area contributed by atoms with Gasteiger partial charge in [0.05, 0.1) is 18.0 Å². The average molecular weight is 378 g/mol. The molecule has 1 amide bonds. The first-order valence-corrected chi connectivity index (χ1v) is 9.07. The maximum atomic E-state index is 12.6. The summed E-state index contributed by atoms with van der Waals surface area (Å²) in [6, 6.07) is 6.31. The number of hydrogen-bond donors (Lipinski definition) is 1. The van der Waals surface area contributed by atoms with E-state index in [-0.39, 0.29) is 29.8 Å². The van der Waals surface area contributed by atoms with Crippen molar-refractivity contribution in [1.29, 1.82) is 0 Å². The molecule has 0 aromatic heterocycles. The summed E-state index contributed by atoms with van der Waals surface area (Å²) in [6.07, 6.45) is 0. The van der Waals surface area contributed by atoms with E-state index in [1.54, 1.807) is 17.0 Å². The predicted octanol–water partition coefficient (Wildman–Crippen LogP) is 0.559. The van der Waals surface area contributed by atoms with Crippen molar-refractivity contribution >= 4 is 28.3 Å². The molecule has 0 bridgehead atoms. The van der Waals surface area contributed by atoms with Gasteiger partial charge in [-0.2, -0.15) is 4.31 Å². The van der Waals surface area contributed by atoms with Gasteiger partial charge in [0.25, 0.3) is 0 Å². The molecular formula is C15H24ClN3O4S. The molecule has 1 heterocycles. The summed E-state index contributed by atoms with van der Waals surface area (Å²) in [6.45, 7) is 4.80.